The van der Waals surface area contributed by atoms with E-state index in [1.54, 1.807) is 0 Å². The van der Waals surface area contributed by atoms with Crippen molar-refractivity contribution < 1.29 is 0 Å². The van der Waals surface area contributed by atoms with Crippen molar-refractivity contribution in [2.45, 2.75) is 62.2 Å². The topological polar surface area (TPSA) is 3.24 Å². The van der Waals surface area contributed by atoms with Crippen LogP contribution in [0.3, 0.4) is 0 Å². The normalized spacial score (nSPS) is 22.2. The molecule has 0 saturated heterocycles. The van der Waals surface area contributed by atoms with E-state index in [1.807, 2.05) is 0 Å². The summed E-state index contributed by atoms with van der Waals surface area (Å²) in [6.07, 6.45) is 4.44. The number of rotatable bonds is 9. The highest BCUT2D eigenvalue weighted by molar-refractivity contribution is 6.31. The van der Waals surface area contributed by atoms with Gasteiger partial charge >= 0.3 is 0 Å². The van der Waals surface area contributed by atoms with Gasteiger partial charge in [0.1, 0.15) is 0 Å². The Kier molecular flexibility index (Phi) is 7.64. The van der Waals surface area contributed by atoms with Crippen molar-refractivity contribution in [2.24, 2.45) is 0 Å². The zero-order chi connectivity index (χ0) is 19.2. The van der Waals surface area contributed by atoms with Gasteiger partial charge < -0.3 is 4.90 Å². The van der Waals surface area contributed by atoms with Crippen molar-refractivity contribution in [3.8, 4) is 0 Å². The zero-order valence-corrected chi connectivity index (χ0v) is 18.0. The summed E-state index contributed by atoms with van der Waals surface area (Å²) in [6.45, 7) is 6.86. The number of hydrogen-bond acceptors (Lipinski definition) is 1. The minimum Gasteiger partial charge on any atom is -0.301 e. The molecule has 1 nitrogen and oxygen atoms in total. The number of hydrogen-bond donors (Lipinski definition) is 0. The SMILES string of the molecule is CC(C)N(CCCc1ccc(C2CC(Cl)C2Cl)cc1)CCc1ccccc1. The van der Waals surface area contributed by atoms with Crippen molar-refractivity contribution in [3.05, 3.63) is 71.3 Å². The number of alkyl halides is 2. The predicted molar refractivity (Wildman–Crippen MR) is 118 cm³/mol. The molecular weight excluding hydrogens is 373 g/mol. The molecule has 2 aromatic carbocycles. The van der Waals surface area contributed by atoms with Gasteiger partial charge in [-0.1, -0.05) is 54.6 Å². The Morgan fingerprint density at radius 2 is 1.56 bits per heavy atom. The Morgan fingerprint density at radius 1 is 0.889 bits per heavy atom. The van der Waals surface area contributed by atoms with E-state index in [2.05, 4.69) is 73.3 Å². The molecule has 146 valence electrons. The summed E-state index contributed by atoms with van der Waals surface area (Å²) in [4.78, 5) is 2.59. The van der Waals surface area contributed by atoms with Crippen LogP contribution in [-0.4, -0.2) is 34.8 Å². The van der Waals surface area contributed by atoms with Crippen molar-refractivity contribution in [1.29, 1.82) is 0 Å². The minimum absolute atomic E-state index is 0.0849. The van der Waals surface area contributed by atoms with Crippen LogP contribution in [0.25, 0.3) is 0 Å². The second-order valence-corrected chi connectivity index (χ2v) is 9.08. The molecule has 0 radical (unpaired) electrons. The molecular formula is C24H31Cl2N. The lowest BCUT2D eigenvalue weighted by atomic mass is 9.78. The van der Waals surface area contributed by atoms with E-state index >= 15 is 0 Å². The summed E-state index contributed by atoms with van der Waals surface area (Å²) in [6, 6.07) is 20.4. The highest BCUT2D eigenvalue weighted by Gasteiger charge is 2.39. The van der Waals surface area contributed by atoms with Crippen molar-refractivity contribution in [3.63, 3.8) is 0 Å². The molecule has 1 aliphatic rings. The first-order chi connectivity index (χ1) is 13.0. The first-order valence-corrected chi connectivity index (χ1v) is 11.1. The van der Waals surface area contributed by atoms with Gasteiger partial charge in [-0.3, -0.25) is 0 Å². The summed E-state index contributed by atoms with van der Waals surface area (Å²) < 4.78 is 0. The first-order valence-electron chi connectivity index (χ1n) is 10.2. The minimum atomic E-state index is 0.0849. The lowest BCUT2D eigenvalue weighted by molar-refractivity contribution is 0.222. The number of aryl methyl sites for hydroxylation is 1. The van der Waals surface area contributed by atoms with E-state index in [0.29, 0.717) is 12.0 Å². The van der Waals surface area contributed by atoms with Crippen LogP contribution < -0.4 is 0 Å². The van der Waals surface area contributed by atoms with Gasteiger partial charge in [-0.05, 0) is 62.8 Å². The van der Waals surface area contributed by atoms with Crippen LogP contribution in [0.5, 0.6) is 0 Å². The average molecular weight is 404 g/mol. The third-order valence-corrected chi connectivity index (χ3v) is 6.98. The second kappa shape index (κ2) is 9.96. The molecule has 0 heterocycles. The van der Waals surface area contributed by atoms with E-state index in [9.17, 15) is 0 Å². The molecule has 3 atom stereocenters. The van der Waals surface area contributed by atoms with Crippen LogP contribution in [0, 0.1) is 0 Å². The molecule has 2 aromatic rings. The summed E-state index contributed by atoms with van der Waals surface area (Å²) in [7, 11) is 0. The van der Waals surface area contributed by atoms with E-state index < -0.39 is 0 Å². The fourth-order valence-corrected chi connectivity index (χ4v) is 4.56. The Bertz CT molecular complexity index is 683. The smallest absolute Gasteiger partial charge is 0.0568 e. The van der Waals surface area contributed by atoms with Crippen molar-refractivity contribution in [2.75, 3.05) is 13.1 Å². The molecule has 1 aliphatic carbocycles. The van der Waals surface area contributed by atoms with E-state index in [4.69, 9.17) is 23.2 Å². The van der Waals surface area contributed by atoms with Gasteiger partial charge in [-0.25, -0.2) is 0 Å². The van der Waals surface area contributed by atoms with Crippen LogP contribution in [0.4, 0.5) is 0 Å². The maximum absolute atomic E-state index is 6.32. The number of nitrogens with zero attached hydrogens (tertiary/aromatic N) is 1. The maximum atomic E-state index is 6.32. The van der Waals surface area contributed by atoms with Crippen LogP contribution in [-0.2, 0) is 12.8 Å². The monoisotopic (exact) mass is 403 g/mol. The Hall–Kier alpha value is -1.02. The van der Waals surface area contributed by atoms with Gasteiger partial charge in [0, 0.05) is 18.5 Å². The Balaban J connectivity index is 1.44. The van der Waals surface area contributed by atoms with Crippen LogP contribution >= 0.6 is 23.2 Å². The van der Waals surface area contributed by atoms with Gasteiger partial charge in [-0.15, -0.1) is 23.2 Å². The van der Waals surface area contributed by atoms with Gasteiger partial charge in [-0.2, -0.15) is 0 Å². The fraction of sp³-hybridized carbons (Fsp3) is 0.500. The van der Waals surface area contributed by atoms with Gasteiger partial charge in [0.05, 0.1) is 10.8 Å². The summed E-state index contributed by atoms with van der Waals surface area (Å²) in [5.74, 6) is 0.428. The highest BCUT2D eigenvalue weighted by Crippen LogP contribution is 2.44. The molecule has 27 heavy (non-hydrogen) atoms. The van der Waals surface area contributed by atoms with Crippen molar-refractivity contribution >= 4 is 23.2 Å². The van der Waals surface area contributed by atoms with E-state index in [1.165, 1.54) is 23.1 Å². The molecule has 0 amide bonds. The summed E-state index contributed by atoms with van der Waals surface area (Å²) >= 11 is 12.5. The molecule has 0 spiro atoms. The first kappa shape index (κ1) is 20.7. The zero-order valence-electron chi connectivity index (χ0n) is 16.5. The molecule has 3 rings (SSSR count). The predicted octanol–water partition coefficient (Wildman–Crippen LogP) is 6.27. The summed E-state index contributed by atoms with van der Waals surface area (Å²) in [5.41, 5.74) is 4.17. The largest absolute Gasteiger partial charge is 0.301 e. The van der Waals surface area contributed by atoms with Crippen LogP contribution in [0.2, 0.25) is 0 Å². The fourth-order valence-electron chi connectivity index (χ4n) is 3.84. The molecule has 1 fully saturated rings. The molecule has 3 unspecified atom stereocenters. The average Bonchev–Trinajstić information content (AvgIpc) is 2.69. The second-order valence-electron chi connectivity index (χ2n) is 8.01. The standard InChI is InChI=1S/C24H31Cl2N/c1-18(2)27(16-14-19-7-4-3-5-8-19)15-6-9-20-10-12-21(13-11-20)22-17-23(25)24(22)26/h3-5,7-8,10-13,18,22-24H,6,9,14-17H2,1-2H3. The quantitative estimate of drug-likeness (QED) is 0.445. The summed E-state index contributed by atoms with van der Waals surface area (Å²) in [5, 5.41) is 0.218. The van der Waals surface area contributed by atoms with Gasteiger partial charge in [0.2, 0.25) is 0 Å². The number of halogens is 2. The van der Waals surface area contributed by atoms with Crippen molar-refractivity contribution in [1.82, 2.24) is 4.90 Å². The van der Waals surface area contributed by atoms with Gasteiger partial charge in [0.15, 0.2) is 0 Å². The lowest BCUT2D eigenvalue weighted by Gasteiger charge is -2.37. The molecule has 0 aromatic heterocycles. The molecule has 0 N–H and O–H groups in total. The molecule has 0 bridgehead atoms. The third-order valence-electron chi connectivity index (χ3n) is 5.79. The molecule has 1 saturated carbocycles. The molecule has 0 aliphatic heterocycles. The lowest BCUT2D eigenvalue weighted by Crippen LogP contribution is -2.36. The van der Waals surface area contributed by atoms with Crippen LogP contribution in [0.1, 0.15) is 49.3 Å². The van der Waals surface area contributed by atoms with Gasteiger partial charge in [0.25, 0.3) is 0 Å². The Morgan fingerprint density at radius 3 is 2.15 bits per heavy atom. The maximum Gasteiger partial charge on any atom is 0.0568 e. The van der Waals surface area contributed by atoms with E-state index in [-0.39, 0.29) is 10.8 Å². The Labute approximate surface area is 174 Å². The van der Waals surface area contributed by atoms with Crippen LogP contribution in [0.15, 0.2) is 54.6 Å². The molecule has 3 heteroatoms. The number of benzene rings is 2. The highest BCUT2D eigenvalue weighted by atomic mass is 35.5. The third kappa shape index (κ3) is 5.73. The van der Waals surface area contributed by atoms with E-state index in [0.717, 1.165) is 32.4 Å².